The first kappa shape index (κ1) is 10.8. The highest BCUT2D eigenvalue weighted by atomic mass is 32.2. The molecule has 6 heteroatoms. The molecule has 0 aliphatic rings. The van der Waals surface area contributed by atoms with E-state index in [1.54, 1.807) is 34.9 Å². The van der Waals surface area contributed by atoms with Crippen LogP contribution in [0.15, 0.2) is 37.8 Å². The van der Waals surface area contributed by atoms with Crippen molar-refractivity contribution in [1.29, 1.82) is 0 Å². The molecule has 0 saturated carbocycles. The molecule has 0 amide bonds. The average molecular weight is 255 g/mol. The lowest BCUT2D eigenvalue weighted by molar-refractivity contribution is 0.956. The number of nitrogens with two attached hydrogens (primary N) is 1. The van der Waals surface area contributed by atoms with E-state index in [-0.39, 0.29) is 0 Å². The van der Waals surface area contributed by atoms with Crippen molar-refractivity contribution in [2.24, 2.45) is 0 Å². The number of thioether (sulfide) groups is 1. The maximum atomic E-state index is 5.61. The Morgan fingerprint density at radius 1 is 1.13 bits per heavy atom. The van der Waals surface area contributed by atoms with Crippen LogP contribution in [0, 0.1) is 0 Å². The van der Waals surface area contributed by atoms with Crippen molar-refractivity contribution in [2.75, 3.05) is 12.0 Å². The lowest BCUT2D eigenvalue weighted by Gasteiger charge is -1.96. The summed E-state index contributed by atoms with van der Waals surface area (Å²) in [6, 6.07) is 7.75. The number of aromatic nitrogens is 2. The van der Waals surface area contributed by atoms with Crippen LogP contribution in [0.3, 0.4) is 0 Å². The molecule has 2 rings (SSSR count). The molecule has 0 fully saturated rings. The van der Waals surface area contributed by atoms with E-state index in [0.29, 0.717) is 0 Å². The van der Waals surface area contributed by atoms with Crippen LogP contribution in [0.5, 0.6) is 0 Å². The molecule has 0 atom stereocenters. The monoisotopic (exact) mass is 255 g/mol. The SMILES string of the molecule is CSc1nnc(Sc2ccc(N)cc2)s1. The van der Waals surface area contributed by atoms with Crippen LogP contribution >= 0.6 is 34.9 Å². The fraction of sp³-hybridized carbons (Fsp3) is 0.111. The second kappa shape index (κ2) is 4.87. The van der Waals surface area contributed by atoms with E-state index < -0.39 is 0 Å². The number of hydrogen-bond donors (Lipinski definition) is 1. The maximum Gasteiger partial charge on any atom is 0.179 e. The average Bonchev–Trinajstić information content (AvgIpc) is 2.69. The lowest BCUT2D eigenvalue weighted by atomic mass is 10.3. The summed E-state index contributed by atoms with van der Waals surface area (Å²) in [5, 5.41) is 8.12. The number of nitrogen functional groups attached to an aromatic ring is 1. The summed E-state index contributed by atoms with van der Waals surface area (Å²) < 4.78 is 1.96. The minimum atomic E-state index is 0.779. The van der Waals surface area contributed by atoms with Gasteiger partial charge in [0.1, 0.15) is 0 Å². The largest absolute Gasteiger partial charge is 0.399 e. The van der Waals surface area contributed by atoms with Crippen LogP contribution in [0.4, 0.5) is 5.69 Å². The van der Waals surface area contributed by atoms with E-state index in [1.807, 2.05) is 30.5 Å². The van der Waals surface area contributed by atoms with Crippen LogP contribution in [0.1, 0.15) is 0 Å². The van der Waals surface area contributed by atoms with Crippen LogP contribution < -0.4 is 5.73 Å². The van der Waals surface area contributed by atoms with Gasteiger partial charge in [0.2, 0.25) is 0 Å². The standard InChI is InChI=1S/C9H9N3S3/c1-13-8-11-12-9(15-8)14-7-4-2-6(10)3-5-7/h2-5H,10H2,1H3. The molecule has 2 N–H and O–H groups in total. The van der Waals surface area contributed by atoms with Gasteiger partial charge in [0.25, 0.3) is 0 Å². The predicted octanol–water partition coefficient (Wildman–Crippen LogP) is 2.99. The third kappa shape index (κ3) is 2.87. The van der Waals surface area contributed by atoms with Gasteiger partial charge in [-0.25, -0.2) is 0 Å². The van der Waals surface area contributed by atoms with Gasteiger partial charge in [-0.2, -0.15) is 0 Å². The van der Waals surface area contributed by atoms with E-state index in [4.69, 9.17) is 5.73 Å². The Kier molecular flexibility index (Phi) is 3.50. The van der Waals surface area contributed by atoms with Crippen molar-refractivity contribution in [3.05, 3.63) is 24.3 Å². The van der Waals surface area contributed by atoms with Gasteiger partial charge in [-0.1, -0.05) is 34.9 Å². The van der Waals surface area contributed by atoms with Gasteiger partial charge in [-0.05, 0) is 30.5 Å². The summed E-state index contributed by atoms with van der Waals surface area (Å²) in [6.45, 7) is 0. The van der Waals surface area contributed by atoms with E-state index in [2.05, 4.69) is 10.2 Å². The fourth-order valence-corrected chi connectivity index (χ4v) is 3.37. The summed E-state index contributed by atoms with van der Waals surface area (Å²) in [7, 11) is 0. The summed E-state index contributed by atoms with van der Waals surface area (Å²) >= 11 is 4.83. The molecule has 0 radical (unpaired) electrons. The molecule has 1 aromatic heterocycles. The molecular weight excluding hydrogens is 246 g/mol. The van der Waals surface area contributed by atoms with Gasteiger partial charge in [0, 0.05) is 10.6 Å². The highest BCUT2D eigenvalue weighted by Gasteiger charge is 2.04. The van der Waals surface area contributed by atoms with Crippen molar-refractivity contribution in [3.63, 3.8) is 0 Å². The Balaban J connectivity index is 2.11. The zero-order valence-electron chi connectivity index (χ0n) is 8.01. The number of hydrogen-bond acceptors (Lipinski definition) is 6. The van der Waals surface area contributed by atoms with Crippen LogP contribution in [-0.4, -0.2) is 16.5 Å². The molecule has 0 aliphatic heterocycles. The molecule has 1 heterocycles. The molecule has 15 heavy (non-hydrogen) atoms. The van der Waals surface area contributed by atoms with Gasteiger partial charge in [0.05, 0.1) is 0 Å². The minimum Gasteiger partial charge on any atom is -0.399 e. The molecule has 0 bridgehead atoms. The topological polar surface area (TPSA) is 51.8 Å². The quantitative estimate of drug-likeness (QED) is 0.675. The Hall–Kier alpha value is -0.720. The van der Waals surface area contributed by atoms with E-state index in [1.165, 1.54) is 0 Å². The zero-order chi connectivity index (χ0) is 10.7. The van der Waals surface area contributed by atoms with E-state index in [0.717, 1.165) is 19.3 Å². The molecule has 0 unspecified atom stereocenters. The van der Waals surface area contributed by atoms with Gasteiger partial charge in [0.15, 0.2) is 8.68 Å². The second-order valence-electron chi connectivity index (χ2n) is 2.71. The van der Waals surface area contributed by atoms with Crippen molar-refractivity contribution in [2.45, 2.75) is 13.6 Å². The molecule has 1 aromatic carbocycles. The molecule has 2 aromatic rings. The predicted molar refractivity (Wildman–Crippen MR) is 66.7 cm³/mol. The third-order valence-electron chi connectivity index (χ3n) is 1.65. The number of anilines is 1. The Bertz CT molecular complexity index is 438. The minimum absolute atomic E-state index is 0.779. The molecular formula is C9H9N3S3. The normalized spacial score (nSPS) is 10.5. The third-order valence-corrected chi connectivity index (χ3v) is 4.61. The zero-order valence-corrected chi connectivity index (χ0v) is 10.5. The van der Waals surface area contributed by atoms with E-state index in [9.17, 15) is 0 Å². The van der Waals surface area contributed by atoms with E-state index >= 15 is 0 Å². The highest BCUT2D eigenvalue weighted by molar-refractivity contribution is 8.03. The van der Waals surface area contributed by atoms with Gasteiger partial charge in [-0.3, -0.25) is 0 Å². The molecule has 78 valence electrons. The summed E-state index contributed by atoms with van der Waals surface area (Å²) in [6.07, 6.45) is 2.00. The number of nitrogens with zero attached hydrogens (tertiary/aromatic N) is 2. The van der Waals surface area contributed by atoms with Crippen molar-refractivity contribution >= 4 is 40.5 Å². The summed E-state index contributed by atoms with van der Waals surface area (Å²) in [5.74, 6) is 0. The van der Waals surface area contributed by atoms with Crippen molar-refractivity contribution in [1.82, 2.24) is 10.2 Å². The highest BCUT2D eigenvalue weighted by Crippen LogP contribution is 2.32. The van der Waals surface area contributed by atoms with Gasteiger partial charge < -0.3 is 5.73 Å². The summed E-state index contributed by atoms with van der Waals surface area (Å²) in [4.78, 5) is 1.13. The fourth-order valence-electron chi connectivity index (χ4n) is 0.958. The number of benzene rings is 1. The summed E-state index contributed by atoms with van der Waals surface area (Å²) in [5.41, 5.74) is 6.39. The van der Waals surface area contributed by atoms with Crippen molar-refractivity contribution in [3.8, 4) is 0 Å². The molecule has 0 spiro atoms. The molecule has 0 aliphatic carbocycles. The van der Waals surface area contributed by atoms with Crippen LogP contribution in [-0.2, 0) is 0 Å². The lowest BCUT2D eigenvalue weighted by Crippen LogP contribution is -1.82. The first-order chi connectivity index (χ1) is 7.28. The van der Waals surface area contributed by atoms with Crippen LogP contribution in [0.25, 0.3) is 0 Å². The molecule has 3 nitrogen and oxygen atoms in total. The first-order valence-corrected chi connectivity index (χ1v) is 7.04. The van der Waals surface area contributed by atoms with Crippen LogP contribution in [0.2, 0.25) is 0 Å². The smallest absolute Gasteiger partial charge is 0.179 e. The molecule has 0 saturated heterocycles. The van der Waals surface area contributed by atoms with Gasteiger partial charge in [-0.15, -0.1) is 10.2 Å². The second-order valence-corrected chi connectivity index (χ2v) is 6.06. The number of rotatable bonds is 3. The van der Waals surface area contributed by atoms with Gasteiger partial charge >= 0.3 is 0 Å². The Morgan fingerprint density at radius 2 is 1.80 bits per heavy atom. The van der Waals surface area contributed by atoms with Crippen molar-refractivity contribution < 1.29 is 0 Å². The Labute approximate surface area is 100 Å². The first-order valence-electron chi connectivity index (χ1n) is 4.19. The maximum absolute atomic E-state index is 5.61. The Morgan fingerprint density at radius 3 is 2.40 bits per heavy atom.